The van der Waals surface area contributed by atoms with Crippen molar-refractivity contribution in [3.05, 3.63) is 66.2 Å². The van der Waals surface area contributed by atoms with Crippen LogP contribution in [0.3, 0.4) is 0 Å². The van der Waals surface area contributed by atoms with Gasteiger partial charge in [-0.05, 0) is 47.2 Å². The number of phenolic OH excluding ortho intramolecular Hbond substituents is 1. The Bertz CT molecular complexity index is 1060. The Morgan fingerprint density at radius 2 is 1.67 bits per heavy atom. The number of phenols is 1. The first-order valence-corrected chi connectivity index (χ1v) is 9.72. The molecule has 0 aliphatic carbocycles. The molecule has 0 atom stereocenters. The summed E-state index contributed by atoms with van der Waals surface area (Å²) in [7, 11) is 0. The van der Waals surface area contributed by atoms with Crippen molar-refractivity contribution in [3.8, 4) is 5.75 Å². The lowest BCUT2D eigenvalue weighted by Gasteiger charge is -2.28. The van der Waals surface area contributed by atoms with Gasteiger partial charge in [0.2, 0.25) is 0 Å². The summed E-state index contributed by atoms with van der Waals surface area (Å²) >= 11 is 0. The minimum absolute atomic E-state index is 0.0244. The number of carbonyl (C=O) groups is 2. The van der Waals surface area contributed by atoms with Crippen LogP contribution < -0.4 is 10.2 Å². The Morgan fingerprint density at radius 1 is 1.00 bits per heavy atom. The van der Waals surface area contributed by atoms with E-state index >= 15 is 0 Å². The van der Waals surface area contributed by atoms with Crippen LogP contribution in [0, 0.1) is 0 Å². The number of rotatable bonds is 5. The number of fused-ring (bicyclic) bond motifs is 1. The molecule has 3 aromatic carbocycles. The van der Waals surface area contributed by atoms with Gasteiger partial charge in [0.05, 0.1) is 13.2 Å². The Labute approximate surface area is 173 Å². The number of nitrogens with one attached hydrogen (secondary N) is 1. The van der Waals surface area contributed by atoms with Crippen LogP contribution in [0.2, 0.25) is 0 Å². The summed E-state index contributed by atoms with van der Waals surface area (Å²) in [4.78, 5) is 26.7. The molecule has 1 heterocycles. The monoisotopic (exact) mass is 406 g/mol. The summed E-state index contributed by atoms with van der Waals surface area (Å²) in [5, 5.41) is 14.4. The first kappa shape index (κ1) is 19.7. The van der Waals surface area contributed by atoms with Gasteiger partial charge in [0, 0.05) is 24.5 Å². The molecule has 1 amide bonds. The number of morpholine rings is 1. The van der Waals surface area contributed by atoms with Crippen molar-refractivity contribution in [2.24, 2.45) is 0 Å². The first-order chi connectivity index (χ1) is 14.6. The van der Waals surface area contributed by atoms with Crippen LogP contribution in [0.25, 0.3) is 10.8 Å². The molecule has 0 spiro atoms. The van der Waals surface area contributed by atoms with Gasteiger partial charge in [0.25, 0.3) is 5.91 Å². The fraction of sp³-hybridized carbons (Fsp3) is 0.217. The second-order valence-corrected chi connectivity index (χ2v) is 6.99. The molecule has 154 valence electrons. The van der Waals surface area contributed by atoms with Gasteiger partial charge in [-0.1, -0.05) is 24.3 Å². The summed E-state index contributed by atoms with van der Waals surface area (Å²) in [6.07, 6.45) is 0. The van der Waals surface area contributed by atoms with E-state index in [1.54, 1.807) is 18.2 Å². The van der Waals surface area contributed by atoms with Crippen LogP contribution in [0.5, 0.6) is 5.75 Å². The summed E-state index contributed by atoms with van der Waals surface area (Å²) in [6.45, 7) is 2.64. The molecule has 4 rings (SSSR count). The van der Waals surface area contributed by atoms with Crippen molar-refractivity contribution in [2.45, 2.75) is 0 Å². The molecular weight excluding hydrogens is 384 g/mol. The summed E-state index contributed by atoms with van der Waals surface area (Å²) in [6, 6.07) is 17.9. The van der Waals surface area contributed by atoms with Crippen LogP contribution in [-0.4, -0.2) is 49.9 Å². The number of amides is 1. The maximum absolute atomic E-state index is 12.3. The van der Waals surface area contributed by atoms with Crippen molar-refractivity contribution in [2.75, 3.05) is 43.1 Å². The Hall–Kier alpha value is -3.58. The number of nitrogens with zero attached hydrogens (tertiary/aromatic N) is 1. The van der Waals surface area contributed by atoms with E-state index in [4.69, 9.17) is 9.47 Å². The number of anilines is 2. The third-order valence-corrected chi connectivity index (χ3v) is 4.95. The highest BCUT2D eigenvalue weighted by atomic mass is 16.5. The zero-order valence-corrected chi connectivity index (χ0v) is 16.3. The molecular formula is C23H22N2O5. The van der Waals surface area contributed by atoms with Gasteiger partial charge in [-0.2, -0.15) is 0 Å². The fourth-order valence-corrected chi connectivity index (χ4v) is 3.37. The first-order valence-electron chi connectivity index (χ1n) is 9.72. The molecule has 2 N–H and O–H groups in total. The molecule has 30 heavy (non-hydrogen) atoms. The van der Waals surface area contributed by atoms with E-state index in [0.29, 0.717) is 18.9 Å². The lowest BCUT2D eigenvalue weighted by atomic mass is 10.1. The molecule has 0 radical (unpaired) electrons. The van der Waals surface area contributed by atoms with Gasteiger partial charge >= 0.3 is 5.97 Å². The lowest BCUT2D eigenvalue weighted by Crippen LogP contribution is -2.36. The number of aromatic hydroxyl groups is 1. The molecule has 1 saturated heterocycles. The van der Waals surface area contributed by atoms with E-state index in [9.17, 15) is 14.7 Å². The maximum Gasteiger partial charge on any atom is 0.342 e. The highest BCUT2D eigenvalue weighted by molar-refractivity contribution is 6.00. The van der Waals surface area contributed by atoms with Gasteiger partial charge in [0.1, 0.15) is 11.3 Å². The third kappa shape index (κ3) is 4.52. The molecule has 0 saturated carbocycles. The summed E-state index contributed by atoms with van der Waals surface area (Å²) < 4.78 is 10.4. The van der Waals surface area contributed by atoms with Gasteiger partial charge < -0.3 is 24.8 Å². The maximum atomic E-state index is 12.3. The van der Waals surface area contributed by atoms with Gasteiger partial charge in [-0.15, -0.1) is 0 Å². The second-order valence-electron chi connectivity index (χ2n) is 6.99. The van der Waals surface area contributed by atoms with Crippen LogP contribution in [0.1, 0.15) is 10.4 Å². The number of benzene rings is 3. The predicted octanol–water partition coefficient (Wildman–Crippen LogP) is 3.18. The van der Waals surface area contributed by atoms with E-state index < -0.39 is 18.5 Å². The number of carbonyl (C=O) groups excluding carboxylic acids is 2. The second kappa shape index (κ2) is 8.84. The van der Waals surface area contributed by atoms with Gasteiger partial charge in [-0.3, -0.25) is 4.79 Å². The zero-order chi connectivity index (χ0) is 20.9. The SMILES string of the molecule is O=C(COC(=O)c1cc2ccccc2cc1O)Nc1ccc(N2CCOCC2)cc1. The topological polar surface area (TPSA) is 88.1 Å². The Kier molecular flexibility index (Phi) is 5.81. The minimum Gasteiger partial charge on any atom is -0.507 e. The van der Waals surface area contributed by atoms with Crippen LogP contribution in [0.15, 0.2) is 60.7 Å². The molecule has 0 unspecified atom stereocenters. The van der Waals surface area contributed by atoms with E-state index in [2.05, 4.69) is 10.2 Å². The molecule has 1 aliphatic heterocycles. The van der Waals surface area contributed by atoms with Crippen LogP contribution in [0.4, 0.5) is 11.4 Å². The molecule has 7 heteroatoms. The van der Waals surface area contributed by atoms with Crippen LogP contribution in [-0.2, 0) is 14.3 Å². The van der Waals surface area contributed by atoms with Crippen molar-refractivity contribution in [3.63, 3.8) is 0 Å². The Morgan fingerprint density at radius 3 is 2.37 bits per heavy atom. The van der Waals surface area contributed by atoms with E-state index in [1.165, 1.54) is 6.07 Å². The summed E-state index contributed by atoms with van der Waals surface area (Å²) in [5.41, 5.74) is 1.70. The smallest absolute Gasteiger partial charge is 0.342 e. The van der Waals surface area contributed by atoms with Crippen molar-refractivity contribution < 1.29 is 24.2 Å². The van der Waals surface area contributed by atoms with Crippen molar-refractivity contribution in [1.29, 1.82) is 0 Å². The van der Waals surface area contributed by atoms with Gasteiger partial charge in [0.15, 0.2) is 6.61 Å². The van der Waals surface area contributed by atoms with E-state index in [-0.39, 0.29) is 11.3 Å². The quantitative estimate of drug-likeness (QED) is 0.633. The average molecular weight is 406 g/mol. The fourth-order valence-electron chi connectivity index (χ4n) is 3.37. The molecule has 7 nitrogen and oxygen atoms in total. The number of ether oxygens (including phenoxy) is 2. The lowest BCUT2D eigenvalue weighted by molar-refractivity contribution is -0.119. The number of hydrogen-bond donors (Lipinski definition) is 2. The van der Waals surface area contributed by atoms with Gasteiger partial charge in [-0.25, -0.2) is 4.79 Å². The third-order valence-electron chi connectivity index (χ3n) is 4.95. The predicted molar refractivity (Wildman–Crippen MR) is 114 cm³/mol. The van der Waals surface area contributed by atoms with Crippen molar-refractivity contribution >= 4 is 34.0 Å². The highest BCUT2D eigenvalue weighted by Crippen LogP contribution is 2.25. The normalized spacial score (nSPS) is 13.8. The number of esters is 1. The van der Waals surface area contributed by atoms with E-state index in [0.717, 1.165) is 29.5 Å². The minimum atomic E-state index is -0.754. The largest absolute Gasteiger partial charge is 0.507 e. The zero-order valence-electron chi connectivity index (χ0n) is 16.3. The molecule has 0 aromatic heterocycles. The standard InChI is InChI=1S/C23H22N2O5/c26-21-14-17-4-2-1-3-16(17)13-20(21)23(28)30-15-22(27)24-18-5-7-19(8-6-18)25-9-11-29-12-10-25/h1-8,13-14,26H,9-12,15H2,(H,24,27). The highest BCUT2D eigenvalue weighted by Gasteiger charge is 2.16. The number of hydrogen-bond acceptors (Lipinski definition) is 6. The molecule has 0 bridgehead atoms. The molecule has 1 fully saturated rings. The molecule has 3 aromatic rings. The summed E-state index contributed by atoms with van der Waals surface area (Å²) in [5.74, 6) is -1.39. The van der Waals surface area contributed by atoms with Crippen LogP contribution >= 0.6 is 0 Å². The van der Waals surface area contributed by atoms with Crippen molar-refractivity contribution in [1.82, 2.24) is 0 Å². The van der Waals surface area contributed by atoms with E-state index in [1.807, 2.05) is 36.4 Å². The molecule has 1 aliphatic rings. The Balaban J connectivity index is 1.33. The average Bonchev–Trinajstić information content (AvgIpc) is 2.78.